The van der Waals surface area contributed by atoms with Gasteiger partial charge in [-0.15, -0.1) is 0 Å². The largest absolute Gasteiger partial charge is 0.481 e. The Balaban J connectivity index is 5.22. The standard InChI is InChI=1S/C16H22O12/c1-7(3-11(19)20)15(25)27-6-10(14(24)13(23)9(18)5-17)28-16(26)8(2)4-12(21)22/h9-10,13-14,17-18,23-24H,1-6H2,(H,19,20)(H,21,22)/t9-,10+,13-,14-/m1/s1. The van der Waals surface area contributed by atoms with Gasteiger partial charge in [-0.3, -0.25) is 9.59 Å². The average Bonchev–Trinajstić information content (AvgIpc) is 2.61. The van der Waals surface area contributed by atoms with E-state index in [4.69, 9.17) is 20.1 Å². The first-order valence-electron chi connectivity index (χ1n) is 7.72. The topological polar surface area (TPSA) is 208 Å². The maximum Gasteiger partial charge on any atom is 0.334 e. The molecule has 0 aromatic rings. The van der Waals surface area contributed by atoms with Gasteiger partial charge in [-0.2, -0.15) is 0 Å². The van der Waals surface area contributed by atoms with Crippen molar-refractivity contribution in [1.82, 2.24) is 0 Å². The number of ether oxygens (including phenoxy) is 2. The molecule has 0 amide bonds. The predicted octanol–water partition coefficient (Wildman–Crippen LogP) is -2.42. The summed E-state index contributed by atoms with van der Waals surface area (Å²) in [5.74, 6) is -5.25. The van der Waals surface area contributed by atoms with E-state index in [1.165, 1.54) is 0 Å². The SMILES string of the molecule is C=C(CC(=O)O)C(=O)OC[C@H](OC(=O)C(=C)CC(=O)O)[C@@H](O)[C@H](O)[C@H](O)CO. The summed E-state index contributed by atoms with van der Waals surface area (Å²) in [5, 5.41) is 55.2. The minimum Gasteiger partial charge on any atom is -0.481 e. The number of rotatable bonds is 13. The van der Waals surface area contributed by atoms with E-state index in [1.807, 2.05) is 0 Å². The summed E-state index contributed by atoms with van der Waals surface area (Å²) in [6.45, 7) is 4.51. The summed E-state index contributed by atoms with van der Waals surface area (Å²) in [7, 11) is 0. The van der Waals surface area contributed by atoms with Crippen molar-refractivity contribution in [3.8, 4) is 0 Å². The second-order valence-electron chi connectivity index (χ2n) is 5.62. The third-order valence-electron chi connectivity index (χ3n) is 3.26. The van der Waals surface area contributed by atoms with Gasteiger partial charge in [-0.1, -0.05) is 13.2 Å². The molecule has 0 heterocycles. The molecule has 12 heteroatoms. The Morgan fingerprint density at radius 1 is 0.821 bits per heavy atom. The third kappa shape index (κ3) is 8.73. The van der Waals surface area contributed by atoms with Crippen LogP contribution in [0.4, 0.5) is 0 Å². The van der Waals surface area contributed by atoms with E-state index >= 15 is 0 Å². The molecule has 0 aliphatic heterocycles. The summed E-state index contributed by atoms with van der Waals surface area (Å²) in [6.07, 6.45) is -9.28. The van der Waals surface area contributed by atoms with Crippen molar-refractivity contribution in [3.05, 3.63) is 24.3 Å². The molecule has 0 aromatic carbocycles. The molecule has 6 N–H and O–H groups in total. The Bertz CT molecular complexity index is 625. The number of aliphatic hydroxyl groups excluding tert-OH is 4. The molecule has 0 radical (unpaired) electrons. The van der Waals surface area contributed by atoms with E-state index in [9.17, 15) is 34.5 Å². The highest BCUT2D eigenvalue weighted by Crippen LogP contribution is 2.13. The van der Waals surface area contributed by atoms with E-state index in [-0.39, 0.29) is 0 Å². The number of aliphatic carboxylic acids is 2. The fourth-order valence-electron chi connectivity index (χ4n) is 1.75. The summed E-state index contributed by atoms with van der Waals surface area (Å²) >= 11 is 0. The number of carboxylic acid groups (broad SMARTS) is 2. The number of esters is 2. The Morgan fingerprint density at radius 2 is 1.29 bits per heavy atom. The molecule has 0 saturated heterocycles. The van der Waals surface area contributed by atoms with E-state index in [2.05, 4.69) is 17.9 Å². The van der Waals surface area contributed by atoms with E-state index < -0.39 is 85.5 Å². The van der Waals surface area contributed by atoms with Crippen LogP contribution in [0, 0.1) is 0 Å². The van der Waals surface area contributed by atoms with Crippen LogP contribution < -0.4 is 0 Å². The van der Waals surface area contributed by atoms with Crippen LogP contribution in [-0.4, -0.2) is 92.1 Å². The fourth-order valence-corrected chi connectivity index (χ4v) is 1.75. The van der Waals surface area contributed by atoms with Gasteiger partial charge in [0.15, 0.2) is 6.10 Å². The molecule has 4 atom stereocenters. The van der Waals surface area contributed by atoms with Gasteiger partial charge < -0.3 is 40.1 Å². The molecular formula is C16H22O12. The molecule has 0 saturated carbocycles. The van der Waals surface area contributed by atoms with Gasteiger partial charge in [0.25, 0.3) is 0 Å². The van der Waals surface area contributed by atoms with Crippen molar-refractivity contribution < 1.29 is 59.3 Å². The second-order valence-corrected chi connectivity index (χ2v) is 5.62. The summed E-state index contributed by atoms with van der Waals surface area (Å²) in [5.41, 5.74) is -0.984. The van der Waals surface area contributed by atoms with E-state index in [0.29, 0.717) is 0 Å². The molecule has 0 bridgehead atoms. The number of hydrogen-bond acceptors (Lipinski definition) is 10. The van der Waals surface area contributed by atoms with Gasteiger partial charge in [0.2, 0.25) is 0 Å². The van der Waals surface area contributed by atoms with Gasteiger partial charge in [0.1, 0.15) is 24.9 Å². The molecule has 28 heavy (non-hydrogen) atoms. The molecule has 0 unspecified atom stereocenters. The van der Waals surface area contributed by atoms with E-state index in [0.717, 1.165) is 0 Å². The Kier molecular flexibility index (Phi) is 10.6. The van der Waals surface area contributed by atoms with Crippen LogP contribution in [-0.2, 0) is 28.7 Å². The van der Waals surface area contributed by atoms with Crippen LogP contribution in [0.1, 0.15) is 12.8 Å². The van der Waals surface area contributed by atoms with Crippen molar-refractivity contribution in [3.63, 3.8) is 0 Å². The third-order valence-corrected chi connectivity index (χ3v) is 3.26. The first-order valence-corrected chi connectivity index (χ1v) is 7.72. The first kappa shape index (κ1) is 25.2. The molecule has 158 valence electrons. The van der Waals surface area contributed by atoms with Gasteiger partial charge in [0.05, 0.1) is 19.4 Å². The lowest BCUT2D eigenvalue weighted by molar-refractivity contribution is -0.174. The molecule has 12 nitrogen and oxygen atoms in total. The van der Waals surface area contributed by atoms with Gasteiger partial charge in [-0.05, 0) is 0 Å². The average molecular weight is 406 g/mol. The Morgan fingerprint density at radius 3 is 1.71 bits per heavy atom. The molecule has 0 rings (SSSR count). The van der Waals surface area contributed by atoms with Crippen molar-refractivity contribution in [1.29, 1.82) is 0 Å². The number of carbonyl (C=O) groups is 4. The normalized spacial score (nSPS) is 14.9. The highest BCUT2D eigenvalue weighted by molar-refractivity contribution is 5.93. The maximum atomic E-state index is 11.9. The van der Waals surface area contributed by atoms with Gasteiger partial charge in [0, 0.05) is 11.1 Å². The lowest BCUT2D eigenvalue weighted by atomic mass is 10.0. The minimum absolute atomic E-state index is 0.460. The Labute approximate surface area is 158 Å². The number of hydrogen-bond donors (Lipinski definition) is 6. The summed E-state index contributed by atoms with van der Waals surface area (Å²) in [6, 6.07) is 0. The van der Waals surface area contributed by atoms with Crippen LogP contribution in [0.15, 0.2) is 24.3 Å². The smallest absolute Gasteiger partial charge is 0.334 e. The highest BCUT2D eigenvalue weighted by Gasteiger charge is 2.35. The quantitative estimate of drug-likeness (QED) is 0.139. The maximum absolute atomic E-state index is 11.9. The van der Waals surface area contributed by atoms with Crippen LogP contribution in [0.25, 0.3) is 0 Å². The molecule has 0 fully saturated rings. The zero-order valence-electron chi connectivity index (χ0n) is 14.7. The molecule has 0 aliphatic carbocycles. The fraction of sp³-hybridized carbons (Fsp3) is 0.500. The lowest BCUT2D eigenvalue weighted by Crippen LogP contribution is -2.49. The summed E-state index contributed by atoms with van der Waals surface area (Å²) < 4.78 is 9.45. The van der Waals surface area contributed by atoms with Crippen LogP contribution in [0.2, 0.25) is 0 Å². The number of aliphatic hydroxyl groups is 4. The van der Waals surface area contributed by atoms with E-state index in [1.54, 1.807) is 0 Å². The monoisotopic (exact) mass is 406 g/mol. The molecule has 0 aliphatic rings. The zero-order valence-corrected chi connectivity index (χ0v) is 14.7. The Hall–Kier alpha value is -2.80. The second kappa shape index (κ2) is 11.8. The van der Waals surface area contributed by atoms with Gasteiger partial charge in [-0.25, -0.2) is 9.59 Å². The first-order chi connectivity index (χ1) is 12.9. The van der Waals surface area contributed by atoms with Crippen molar-refractivity contribution in [2.75, 3.05) is 13.2 Å². The number of carboxylic acids is 2. The predicted molar refractivity (Wildman–Crippen MR) is 88.7 cm³/mol. The van der Waals surface area contributed by atoms with Crippen LogP contribution in [0.3, 0.4) is 0 Å². The summed E-state index contributed by atoms with van der Waals surface area (Å²) in [4.78, 5) is 44.7. The molecule has 0 aromatic heterocycles. The number of carbonyl (C=O) groups excluding carboxylic acids is 2. The molecule has 0 spiro atoms. The van der Waals surface area contributed by atoms with Crippen molar-refractivity contribution >= 4 is 23.9 Å². The zero-order chi connectivity index (χ0) is 22.0. The highest BCUT2D eigenvalue weighted by atomic mass is 16.6. The van der Waals surface area contributed by atoms with Crippen LogP contribution in [0.5, 0.6) is 0 Å². The van der Waals surface area contributed by atoms with Crippen molar-refractivity contribution in [2.24, 2.45) is 0 Å². The minimum atomic E-state index is -2.07. The van der Waals surface area contributed by atoms with Crippen LogP contribution >= 0.6 is 0 Å². The lowest BCUT2D eigenvalue weighted by Gasteiger charge is -2.28. The van der Waals surface area contributed by atoms with Gasteiger partial charge >= 0.3 is 23.9 Å². The molecular weight excluding hydrogens is 384 g/mol. The van der Waals surface area contributed by atoms with Crippen molar-refractivity contribution in [2.45, 2.75) is 37.3 Å².